The van der Waals surface area contributed by atoms with Gasteiger partial charge in [-0.25, -0.2) is 9.97 Å². The van der Waals surface area contributed by atoms with Crippen molar-refractivity contribution in [1.82, 2.24) is 15.3 Å². The second-order valence-corrected chi connectivity index (χ2v) is 7.26. The Kier molecular flexibility index (Phi) is 5.14. The number of ether oxygens (including phenoxy) is 1. The number of nitrogens with one attached hydrogen (secondary N) is 1. The van der Waals surface area contributed by atoms with Crippen LogP contribution in [0.5, 0.6) is 0 Å². The van der Waals surface area contributed by atoms with E-state index in [0.717, 1.165) is 31.8 Å². The van der Waals surface area contributed by atoms with E-state index in [2.05, 4.69) is 34.0 Å². The SMILES string of the molecule is CCNC(c1ncccn1)C1CCOC2(CCSCC2)C1. The number of nitrogens with zero attached hydrogens (tertiary/aromatic N) is 2. The Labute approximate surface area is 131 Å². The summed E-state index contributed by atoms with van der Waals surface area (Å²) in [5.41, 5.74) is 0.122. The minimum absolute atomic E-state index is 0.122. The highest BCUT2D eigenvalue weighted by Gasteiger charge is 2.41. The van der Waals surface area contributed by atoms with Crippen LogP contribution in [0.15, 0.2) is 18.5 Å². The van der Waals surface area contributed by atoms with Gasteiger partial charge in [0, 0.05) is 19.0 Å². The highest BCUT2D eigenvalue weighted by atomic mass is 32.2. The predicted octanol–water partition coefficient (Wildman–Crippen LogP) is 2.82. The van der Waals surface area contributed by atoms with Gasteiger partial charge in [-0.3, -0.25) is 0 Å². The Bertz CT molecular complexity index is 431. The van der Waals surface area contributed by atoms with Crippen LogP contribution in [-0.4, -0.2) is 40.2 Å². The third-order valence-electron chi connectivity index (χ3n) is 4.69. The third kappa shape index (κ3) is 3.58. The molecule has 2 saturated heterocycles. The van der Waals surface area contributed by atoms with Gasteiger partial charge in [-0.1, -0.05) is 6.92 Å². The molecular formula is C16H25N3OS. The summed E-state index contributed by atoms with van der Waals surface area (Å²) in [5, 5.41) is 3.60. The molecule has 3 rings (SSSR count). The first-order valence-corrected chi connectivity index (χ1v) is 9.20. The number of thioether (sulfide) groups is 1. The van der Waals surface area contributed by atoms with Gasteiger partial charge in [-0.2, -0.15) is 11.8 Å². The van der Waals surface area contributed by atoms with Gasteiger partial charge in [0.2, 0.25) is 0 Å². The molecule has 21 heavy (non-hydrogen) atoms. The van der Waals surface area contributed by atoms with Crippen molar-refractivity contribution in [1.29, 1.82) is 0 Å². The fourth-order valence-corrected chi connectivity index (χ4v) is 4.84. The summed E-state index contributed by atoms with van der Waals surface area (Å²) >= 11 is 2.06. The summed E-state index contributed by atoms with van der Waals surface area (Å²) < 4.78 is 6.22. The van der Waals surface area contributed by atoms with Gasteiger partial charge in [0.15, 0.2) is 0 Å². The molecule has 1 aromatic heterocycles. The van der Waals surface area contributed by atoms with E-state index in [1.807, 2.05) is 18.5 Å². The van der Waals surface area contributed by atoms with Crippen LogP contribution in [0.2, 0.25) is 0 Å². The molecule has 1 N–H and O–H groups in total. The molecular weight excluding hydrogens is 282 g/mol. The second-order valence-electron chi connectivity index (χ2n) is 6.04. The molecule has 2 unspecified atom stereocenters. The maximum absolute atomic E-state index is 6.22. The first-order valence-electron chi connectivity index (χ1n) is 8.05. The largest absolute Gasteiger partial charge is 0.375 e. The lowest BCUT2D eigenvalue weighted by Gasteiger charge is -2.45. The summed E-state index contributed by atoms with van der Waals surface area (Å²) in [5.74, 6) is 3.98. The Balaban J connectivity index is 1.76. The molecule has 0 radical (unpaired) electrons. The van der Waals surface area contributed by atoms with Crippen LogP contribution in [0, 0.1) is 5.92 Å². The first kappa shape index (κ1) is 15.3. The van der Waals surface area contributed by atoms with Crippen LogP contribution in [0.1, 0.15) is 44.5 Å². The van der Waals surface area contributed by atoms with Crippen LogP contribution in [-0.2, 0) is 4.74 Å². The van der Waals surface area contributed by atoms with Crippen molar-refractivity contribution in [3.05, 3.63) is 24.3 Å². The van der Waals surface area contributed by atoms with Gasteiger partial charge in [-0.05, 0) is 55.7 Å². The first-order chi connectivity index (χ1) is 10.3. The second kappa shape index (κ2) is 7.07. The molecule has 2 aliphatic rings. The van der Waals surface area contributed by atoms with Gasteiger partial charge in [-0.15, -0.1) is 0 Å². The van der Waals surface area contributed by atoms with Gasteiger partial charge >= 0.3 is 0 Å². The minimum atomic E-state index is 0.122. The standard InChI is InChI=1S/C16H25N3OS/c1-2-17-14(15-18-7-3-8-19-15)13-4-9-20-16(12-13)5-10-21-11-6-16/h3,7-8,13-14,17H,2,4-6,9-12H2,1H3. The summed E-state index contributed by atoms with van der Waals surface area (Å²) in [6.45, 7) is 3.98. The van der Waals surface area contributed by atoms with Gasteiger partial charge in [0.25, 0.3) is 0 Å². The molecule has 2 atom stereocenters. The maximum Gasteiger partial charge on any atom is 0.145 e. The van der Waals surface area contributed by atoms with Crippen molar-refractivity contribution in [2.24, 2.45) is 5.92 Å². The molecule has 3 heterocycles. The summed E-state index contributed by atoms with van der Waals surface area (Å²) in [4.78, 5) is 8.98. The van der Waals surface area contributed by atoms with Crippen molar-refractivity contribution in [3.8, 4) is 0 Å². The number of hydrogen-bond donors (Lipinski definition) is 1. The molecule has 4 nitrogen and oxygen atoms in total. The molecule has 5 heteroatoms. The Hall–Kier alpha value is -0.650. The van der Waals surface area contributed by atoms with E-state index >= 15 is 0 Å². The van der Waals surface area contributed by atoms with Gasteiger partial charge in [0.05, 0.1) is 11.6 Å². The van der Waals surface area contributed by atoms with Crippen LogP contribution in [0.25, 0.3) is 0 Å². The molecule has 0 amide bonds. The van der Waals surface area contributed by atoms with Crippen molar-refractivity contribution in [3.63, 3.8) is 0 Å². The molecule has 2 aliphatic heterocycles. The highest BCUT2D eigenvalue weighted by Crippen LogP contribution is 2.43. The van der Waals surface area contributed by atoms with Crippen LogP contribution < -0.4 is 5.32 Å². The molecule has 0 saturated carbocycles. The van der Waals surface area contributed by atoms with Crippen LogP contribution in [0.4, 0.5) is 0 Å². The predicted molar refractivity (Wildman–Crippen MR) is 86.4 cm³/mol. The lowest BCUT2D eigenvalue weighted by molar-refractivity contribution is -0.107. The topological polar surface area (TPSA) is 47.0 Å². The molecule has 0 aromatic carbocycles. The van der Waals surface area contributed by atoms with Crippen molar-refractivity contribution < 1.29 is 4.74 Å². The van der Waals surface area contributed by atoms with Crippen LogP contribution in [0.3, 0.4) is 0 Å². The minimum Gasteiger partial charge on any atom is -0.375 e. The molecule has 1 aromatic rings. The zero-order valence-electron chi connectivity index (χ0n) is 12.8. The third-order valence-corrected chi connectivity index (χ3v) is 5.68. The molecule has 2 fully saturated rings. The van der Waals surface area contributed by atoms with E-state index in [4.69, 9.17) is 4.74 Å². The Morgan fingerprint density at radius 2 is 2.14 bits per heavy atom. The zero-order chi connectivity index (χ0) is 14.5. The van der Waals surface area contributed by atoms with E-state index < -0.39 is 0 Å². The summed E-state index contributed by atoms with van der Waals surface area (Å²) in [6.07, 6.45) is 8.33. The highest BCUT2D eigenvalue weighted by molar-refractivity contribution is 7.99. The lowest BCUT2D eigenvalue weighted by atomic mass is 9.78. The van der Waals surface area contributed by atoms with Crippen molar-refractivity contribution in [2.45, 2.75) is 44.2 Å². The van der Waals surface area contributed by atoms with E-state index in [1.54, 1.807) is 0 Å². The normalized spacial score (nSPS) is 26.6. The molecule has 116 valence electrons. The fourth-order valence-electron chi connectivity index (χ4n) is 3.60. The van der Waals surface area contributed by atoms with Crippen LogP contribution >= 0.6 is 11.8 Å². The summed E-state index contributed by atoms with van der Waals surface area (Å²) in [6, 6.07) is 2.14. The Morgan fingerprint density at radius 3 is 2.86 bits per heavy atom. The zero-order valence-corrected chi connectivity index (χ0v) is 13.6. The van der Waals surface area contributed by atoms with Gasteiger partial charge in [0.1, 0.15) is 5.82 Å². The Morgan fingerprint density at radius 1 is 1.38 bits per heavy atom. The number of rotatable bonds is 4. The van der Waals surface area contributed by atoms with E-state index in [9.17, 15) is 0 Å². The fraction of sp³-hybridized carbons (Fsp3) is 0.750. The lowest BCUT2D eigenvalue weighted by Crippen LogP contribution is -2.46. The molecule has 1 spiro atoms. The van der Waals surface area contributed by atoms with E-state index in [-0.39, 0.29) is 11.6 Å². The average molecular weight is 307 g/mol. The molecule has 0 bridgehead atoms. The maximum atomic E-state index is 6.22. The number of hydrogen-bond acceptors (Lipinski definition) is 5. The van der Waals surface area contributed by atoms with E-state index in [1.165, 1.54) is 24.3 Å². The molecule has 0 aliphatic carbocycles. The van der Waals surface area contributed by atoms with Gasteiger partial charge < -0.3 is 10.1 Å². The quantitative estimate of drug-likeness (QED) is 0.927. The van der Waals surface area contributed by atoms with Crippen molar-refractivity contribution in [2.75, 3.05) is 24.7 Å². The monoisotopic (exact) mass is 307 g/mol. The smallest absolute Gasteiger partial charge is 0.145 e. The van der Waals surface area contributed by atoms with Crippen molar-refractivity contribution >= 4 is 11.8 Å². The number of aromatic nitrogens is 2. The van der Waals surface area contributed by atoms with E-state index in [0.29, 0.717) is 5.92 Å². The average Bonchev–Trinajstić information content (AvgIpc) is 2.54. The summed E-state index contributed by atoms with van der Waals surface area (Å²) in [7, 11) is 0.